The molecule has 0 aliphatic heterocycles. The number of aryl methyl sites for hydroxylation is 1. The molecule has 2 aromatic rings. The van der Waals surface area contributed by atoms with E-state index in [0.29, 0.717) is 17.0 Å². The van der Waals surface area contributed by atoms with E-state index in [1.807, 2.05) is 0 Å². The monoisotopic (exact) mass is 434 g/mol. The molecule has 0 saturated carbocycles. The van der Waals surface area contributed by atoms with Crippen LogP contribution in [0, 0.1) is 11.7 Å². The summed E-state index contributed by atoms with van der Waals surface area (Å²) in [6, 6.07) is 11.2. The van der Waals surface area contributed by atoms with Gasteiger partial charge in [0.1, 0.15) is 6.61 Å². The standard InChI is InChI=1S/C18H17ClF3NO.HNO2S/c1-3-17(23-24-11-13-5-7-14(19)8-6-13)15-9-4-12(2)10-16(15)18(20,21)22;1-4(2)3/h4-10H,3,11H2,1-2H3;1H/b23-17+;. The molecule has 28 heavy (non-hydrogen) atoms. The first-order valence-electron chi connectivity index (χ1n) is 7.96. The largest absolute Gasteiger partial charge is 0.417 e. The van der Waals surface area contributed by atoms with Crippen molar-refractivity contribution >= 4 is 27.8 Å². The fraction of sp³-hybridized carbons (Fsp3) is 0.278. The first-order chi connectivity index (χ1) is 13.0. The molecule has 0 radical (unpaired) electrons. The Morgan fingerprint density at radius 2 is 1.75 bits per heavy atom. The van der Waals surface area contributed by atoms with Crippen LogP contribution in [0.25, 0.3) is 0 Å². The summed E-state index contributed by atoms with van der Waals surface area (Å²) in [5, 5.41) is 4.52. The Morgan fingerprint density at radius 1 is 1.18 bits per heavy atom. The molecule has 1 N–H and O–H groups in total. The van der Waals surface area contributed by atoms with E-state index in [2.05, 4.69) is 5.16 Å². The van der Waals surface area contributed by atoms with Crippen LogP contribution in [0.1, 0.15) is 35.6 Å². The van der Waals surface area contributed by atoms with Crippen LogP contribution in [-0.4, -0.2) is 14.1 Å². The van der Waals surface area contributed by atoms with Crippen molar-refractivity contribution in [2.75, 3.05) is 0 Å². The molecular formula is C18H18ClF3N2O3S. The number of rotatable bonds is 5. The van der Waals surface area contributed by atoms with E-state index in [4.69, 9.17) is 29.6 Å². The molecule has 0 aliphatic carbocycles. The van der Waals surface area contributed by atoms with Gasteiger partial charge < -0.3 is 4.84 Å². The molecule has 5 nitrogen and oxygen atoms in total. The van der Waals surface area contributed by atoms with Crippen LogP contribution in [0.5, 0.6) is 0 Å². The molecule has 0 heterocycles. The number of alkyl halides is 3. The number of hydrogen-bond donors (Lipinski definition) is 1. The molecule has 0 amide bonds. The van der Waals surface area contributed by atoms with Crippen molar-refractivity contribution in [3.63, 3.8) is 0 Å². The zero-order valence-electron chi connectivity index (χ0n) is 15.0. The molecule has 152 valence electrons. The van der Waals surface area contributed by atoms with E-state index < -0.39 is 22.2 Å². The highest BCUT2D eigenvalue weighted by Crippen LogP contribution is 2.33. The lowest BCUT2D eigenvalue weighted by Gasteiger charge is -2.14. The molecule has 0 unspecified atom stereocenters. The lowest BCUT2D eigenvalue weighted by atomic mass is 9.99. The Balaban J connectivity index is 0.000000892. The van der Waals surface area contributed by atoms with Gasteiger partial charge in [-0.2, -0.15) is 26.4 Å². The second-order valence-corrected chi connectivity index (χ2v) is 6.48. The van der Waals surface area contributed by atoms with Gasteiger partial charge in [0.2, 0.25) is 0 Å². The van der Waals surface area contributed by atoms with Crippen LogP contribution >= 0.6 is 11.6 Å². The predicted octanol–water partition coefficient (Wildman–Crippen LogP) is 5.63. The second kappa shape index (κ2) is 10.8. The van der Waals surface area contributed by atoms with E-state index in [1.54, 1.807) is 44.2 Å². The van der Waals surface area contributed by atoms with Crippen molar-refractivity contribution < 1.29 is 26.4 Å². The molecule has 0 bridgehead atoms. The van der Waals surface area contributed by atoms with E-state index in [1.165, 1.54) is 6.07 Å². The van der Waals surface area contributed by atoms with Gasteiger partial charge in [-0.25, -0.2) is 0 Å². The normalized spacial score (nSPS) is 11.4. The number of nitrogens with one attached hydrogen (secondary N) is 1. The Morgan fingerprint density at radius 3 is 2.25 bits per heavy atom. The Labute approximate surface area is 167 Å². The highest BCUT2D eigenvalue weighted by atomic mass is 35.5. The summed E-state index contributed by atoms with van der Waals surface area (Å²) in [7, 11) is -2.61. The molecule has 2 aromatic carbocycles. The van der Waals surface area contributed by atoms with Gasteiger partial charge in [-0.3, -0.25) is 0 Å². The third kappa shape index (κ3) is 8.10. The van der Waals surface area contributed by atoms with Gasteiger partial charge in [-0.1, -0.05) is 53.5 Å². The Kier molecular flexibility index (Phi) is 9.14. The van der Waals surface area contributed by atoms with Gasteiger partial charge in [0.25, 0.3) is 0 Å². The fourth-order valence-electron chi connectivity index (χ4n) is 2.21. The molecule has 0 saturated heterocycles. The molecule has 0 spiro atoms. The van der Waals surface area contributed by atoms with Gasteiger partial charge in [0.15, 0.2) is 0 Å². The lowest BCUT2D eigenvalue weighted by Crippen LogP contribution is -2.14. The summed E-state index contributed by atoms with van der Waals surface area (Å²) in [5.41, 5.74) is 0.989. The summed E-state index contributed by atoms with van der Waals surface area (Å²) < 4.78 is 62.6. The molecular weight excluding hydrogens is 417 g/mol. The summed E-state index contributed by atoms with van der Waals surface area (Å²) in [6.07, 6.45) is -4.11. The zero-order chi connectivity index (χ0) is 21.3. The van der Waals surface area contributed by atoms with Crippen LogP contribution in [0.2, 0.25) is 5.02 Å². The van der Waals surface area contributed by atoms with E-state index >= 15 is 0 Å². The third-order valence-corrected chi connectivity index (χ3v) is 3.70. The maximum absolute atomic E-state index is 13.2. The third-order valence-electron chi connectivity index (χ3n) is 3.45. The first kappa shape index (κ1) is 23.6. The quantitative estimate of drug-likeness (QED) is 0.489. The van der Waals surface area contributed by atoms with Gasteiger partial charge in [-0.05, 0) is 37.1 Å². The maximum atomic E-state index is 13.2. The van der Waals surface area contributed by atoms with Crippen LogP contribution in [0.3, 0.4) is 0 Å². The average molecular weight is 435 g/mol. The zero-order valence-corrected chi connectivity index (χ0v) is 16.6. The molecule has 2 rings (SSSR count). The average Bonchev–Trinajstić information content (AvgIpc) is 2.59. The van der Waals surface area contributed by atoms with Crippen LogP contribution in [-0.2, 0) is 28.1 Å². The summed E-state index contributed by atoms with van der Waals surface area (Å²) in [4.78, 5) is 5.24. The smallest absolute Gasteiger partial charge is 0.391 e. The van der Waals surface area contributed by atoms with E-state index in [0.717, 1.165) is 11.6 Å². The fourth-order valence-corrected chi connectivity index (χ4v) is 2.34. The molecule has 0 aromatic heterocycles. The van der Waals surface area contributed by atoms with Crippen LogP contribution in [0.15, 0.2) is 47.6 Å². The Bertz CT molecular complexity index is 922. The highest BCUT2D eigenvalue weighted by molar-refractivity contribution is 7.60. The summed E-state index contributed by atoms with van der Waals surface area (Å²) in [5.74, 6) is 0. The number of oxime groups is 1. The topological polar surface area (TPSA) is 79.6 Å². The summed E-state index contributed by atoms with van der Waals surface area (Å²) >= 11 is 5.80. The predicted molar refractivity (Wildman–Crippen MR) is 101 cm³/mol. The number of halogens is 4. The van der Waals surface area contributed by atoms with Crippen molar-refractivity contribution in [2.24, 2.45) is 5.16 Å². The number of benzene rings is 2. The van der Waals surface area contributed by atoms with Crippen molar-refractivity contribution in [2.45, 2.75) is 33.1 Å². The van der Waals surface area contributed by atoms with Crippen LogP contribution in [0.4, 0.5) is 13.2 Å². The van der Waals surface area contributed by atoms with Gasteiger partial charge in [0, 0.05) is 10.6 Å². The minimum absolute atomic E-state index is 0.0479. The minimum atomic E-state index is -4.44. The van der Waals surface area contributed by atoms with Crippen LogP contribution < -0.4 is 0 Å². The van der Waals surface area contributed by atoms with E-state index in [-0.39, 0.29) is 17.9 Å². The molecule has 0 fully saturated rings. The van der Waals surface area contributed by atoms with Crippen molar-refractivity contribution in [3.05, 3.63) is 69.7 Å². The van der Waals surface area contributed by atoms with Crippen molar-refractivity contribution in [1.29, 1.82) is 4.78 Å². The van der Waals surface area contributed by atoms with Crippen molar-refractivity contribution in [1.82, 2.24) is 0 Å². The van der Waals surface area contributed by atoms with Gasteiger partial charge in [0.05, 0.1) is 11.3 Å². The second-order valence-electron chi connectivity index (χ2n) is 5.57. The van der Waals surface area contributed by atoms with Crippen molar-refractivity contribution in [3.8, 4) is 0 Å². The SMILES string of the molecule is CC/C(=N\OCc1ccc(Cl)cc1)c1ccc(C)cc1C(F)(F)F.N=S(=O)=O. The minimum Gasteiger partial charge on any atom is -0.391 e. The number of hydrogen-bond acceptors (Lipinski definition) is 5. The molecule has 10 heteroatoms. The maximum Gasteiger partial charge on any atom is 0.417 e. The molecule has 0 atom stereocenters. The first-order valence-corrected chi connectivity index (χ1v) is 9.41. The highest BCUT2D eigenvalue weighted by Gasteiger charge is 2.34. The molecule has 0 aliphatic rings. The van der Waals surface area contributed by atoms with E-state index in [9.17, 15) is 13.2 Å². The lowest BCUT2D eigenvalue weighted by molar-refractivity contribution is -0.137. The van der Waals surface area contributed by atoms with Gasteiger partial charge in [-0.15, -0.1) is 0 Å². The summed E-state index contributed by atoms with van der Waals surface area (Å²) in [6.45, 7) is 3.52. The Hall–Kier alpha value is -2.39. The van der Waals surface area contributed by atoms with Gasteiger partial charge >= 0.3 is 16.7 Å². The number of nitrogens with zero attached hydrogens (tertiary/aromatic N) is 1.